The number of carbonyl (C=O) groups excluding carboxylic acids is 1. The Bertz CT molecular complexity index is 580. The Morgan fingerprint density at radius 1 is 1.00 bits per heavy atom. The highest BCUT2D eigenvalue weighted by Crippen LogP contribution is 2.34. The molecule has 1 aromatic rings. The number of nitrogens with zero attached hydrogens (tertiary/aromatic N) is 3. The van der Waals surface area contributed by atoms with Crippen LogP contribution in [0.3, 0.4) is 0 Å². The van der Waals surface area contributed by atoms with E-state index in [4.69, 9.17) is 0 Å². The summed E-state index contributed by atoms with van der Waals surface area (Å²) in [4.78, 5) is 19.9. The zero-order chi connectivity index (χ0) is 17.2. The third-order valence-corrected chi connectivity index (χ3v) is 6.34. The Morgan fingerprint density at radius 3 is 2.28 bits per heavy atom. The van der Waals surface area contributed by atoms with Crippen molar-refractivity contribution in [3.8, 4) is 0 Å². The molecule has 1 amide bonds. The van der Waals surface area contributed by atoms with Crippen LogP contribution in [0, 0.1) is 11.8 Å². The Morgan fingerprint density at radius 2 is 1.64 bits per heavy atom. The van der Waals surface area contributed by atoms with E-state index in [0.29, 0.717) is 0 Å². The molecule has 3 aliphatic rings. The summed E-state index contributed by atoms with van der Waals surface area (Å²) in [6, 6.07) is 8.38. The van der Waals surface area contributed by atoms with Crippen LogP contribution in [0.1, 0.15) is 41.6 Å². The SMILES string of the molecule is CN1CCN(Cc2ccc(C(=O)N3CC4CCCC(C4)C3)cc2)CC1. The molecule has 3 fully saturated rings. The van der Waals surface area contributed by atoms with Crippen molar-refractivity contribution in [2.45, 2.75) is 32.2 Å². The first-order valence-corrected chi connectivity index (χ1v) is 9.96. The molecule has 0 N–H and O–H groups in total. The van der Waals surface area contributed by atoms with Crippen LogP contribution in [0.2, 0.25) is 0 Å². The second kappa shape index (κ2) is 7.46. The number of piperazine rings is 1. The summed E-state index contributed by atoms with van der Waals surface area (Å²) in [5.41, 5.74) is 2.18. The number of rotatable bonds is 3. The fraction of sp³-hybridized carbons (Fsp3) is 0.667. The number of amides is 1. The fourth-order valence-corrected chi connectivity index (χ4v) is 4.80. The number of benzene rings is 1. The maximum Gasteiger partial charge on any atom is 0.253 e. The topological polar surface area (TPSA) is 26.8 Å². The van der Waals surface area contributed by atoms with Crippen molar-refractivity contribution in [2.75, 3.05) is 46.3 Å². The van der Waals surface area contributed by atoms with Gasteiger partial charge >= 0.3 is 0 Å². The second-order valence-corrected chi connectivity index (χ2v) is 8.39. The molecule has 1 saturated carbocycles. The van der Waals surface area contributed by atoms with E-state index in [1.54, 1.807) is 0 Å². The van der Waals surface area contributed by atoms with Crippen molar-refractivity contribution in [2.24, 2.45) is 11.8 Å². The van der Waals surface area contributed by atoms with Crippen molar-refractivity contribution in [3.63, 3.8) is 0 Å². The molecule has 0 spiro atoms. The predicted octanol–water partition coefficient (Wildman–Crippen LogP) is 2.70. The van der Waals surface area contributed by atoms with Crippen LogP contribution in [0.15, 0.2) is 24.3 Å². The fourth-order valence-electron chi connectivity index (χ4n) is 4.80. The van der Waals surface area contributed by atoms with E-state index in [1.165, 1.54) is 31.2 Å². The summed E-state index contributed by atoms with van der Waals surface area (Å²) in [6.07, 6.45) is 5.32. The first kappa shape index (κ1) is 17.0. The Kier molecular flexibility index (Phi) is 5.09. The number of piperidine rings is 1. The minimum atomic E-state index is 0.239. The van der Waals surface area contributed by atoms with Gasteiger partial charge in [0.25, 0.3) is 5.91 Å². The molecule has 0 radical (unpaired) electrons. The first-order chi connectivity index (χ1) is 12.2. The van der Waals surface area contributed by atoms with Gasteiger partial charge in [0.2, 0.25) is 0 Å². The average Bonchev–Trinajstić information content (AvgIpc) is 2.63. The third-order valence-electron chi connectivity index (χ3n) is 6.34. The van der Waals surface area contributed by atoms with E-state index < -0.39 is 0 Å². The molecular formula is C21H31N3O. The van der Waals surface area contributed by atoms with Crippen LogP contribution >= 0.6 is 0 Å². The molecule has 25 heavy (non-hydrogen) atoms. The van der Waals surface area contributed by atoms with Gasteiger partial charge in [-0.1, -0.05) is 18.6 Å². The summed E-state index contributed by atoms with van der Waals surface area (Å²) in [5.74, 6) is 1.73. The largest absolute Gasteiger partial charge is 0.338 e. The van der Waals surface area contributed by atoms with Gasteiger partial charge in [0.15, 0.2) is 0 Å². The lowest BCUT2D eigenvalue weighted by molar-refractivity contribution is 0.0504. The molecule has 4 nitrogen and oxygen atoms in total. The summed E-state index contributed by atoms with van der Waals surface area (Å²) in [6.45, 7) is 7.50. The second-order valence-electron chi connectivity index (χ2n) is 8.39. The summed E-state index contributed by atoms with van der Waals surface area (Å²) < 4.78 is 0. The predicted molar refractivity (Wildman–Crippen MR) is 101 cm³/mol. The number of hydrogen-bond donors (Lipinski definition) is 0. The quantitative estimate of drug-likeness (QED) is 0.846. The molecule has 4 rings (SSSR count). The molecular weight excluding hydrogens is 310 g/mol. The standard InChI is InChI=1S/C21H31N3O/c1-22-9-11-23(12-10-22)14-17-5-7-20(8-6-17)21(25)24-15-18-3-2-4-19(13-18)16-24/h5-8,18-19H,2-4,9-16H2,1H3. The van der Waals surface area contributed by atoms with Gasteiger partial charge in [0.1, 0.15) is 0 Å². The Hall–Kier alpha value is -1.39. The molecule has 2 atom stereocenters. The Labute approximate surface area is 151 Å². The number of likely N-dealkylation sites (N-methyl/N-ethyl adjacent to an activating group) is 1. The van der Waals surface area contributed by atoms with Crippen LogP contribution in [0.25, 0.3) is 0 Å². The van der Waals surface area contributed by atoms with Gasteiger partial charge in [-0.15, -0.1) is 0 Å². The van der Waals surface area contributed by atoms with Gasteiger partial charge < -0.3 is 9.80 Å². The lowest BCUT2D eigenvalue weighted by atomic mass is 9.78. The highest BCUT2D eigenvalue weighted by atomic mass is 16.2. The minimum Gasteiger partial charge on any atom is -0.338 e. The summed E-state index contributed by atoms with van der Waals surface area (Å²) >= 11 is 0. The van der Waals surface area contributed by atoms with Crippen LogP contribution in [0.4, 0.5) is 0 Å². The Balaban J connectivity index is 1.35. The van der Waals surface area contributed by atoms with E-state index in [-0.39, 0.29) is 5.91 Å². The molecule has 136 valence electrons. The number of likely N-dealkylation sites (tertiary alicyclic amines) is 1. The van der Waals surface area contributed by atoms with Gasteiger partial charge in [-0.2, -0.15) is 0 Å². The third kappa shape index (κ3) is 4.06. The average molecular weight is 341 g/mol. The molecule has 2 unspecified atom stereocenters. The molecule has 4 heteroatoms. The molecule has 2 aliphatic heterocycles. The van der Waals surface area contributed by atoms with E-state index in [2.05, 4.69) is 33.9 Å². The van der Waals surface area contributed by atoms with Crippen molar-refractivity contribution in [1.29, 1.82) is 0 Å². The van der Waals surface area contributed by atoms with Gasteiger partial charge in [0, 0.05) is 51.4 Å². The van der Waals surface area contributed by atoms with Gasteiger partial charge in [-0.05, 0) is 55.8 Å². The van der Waals surface area contributed by atoms with E-state index >= 15 is 0 Å². The molecule has 2 saturated heterocycles. The van der Waals surface area contributed by atoms with Crippen LogP contribution in [0.5, 0.6) is 0 Å². The normalized spacial score (nSPS) is 28.1. The smallest absolute Gasteiger partial charge is 0.253 e. The summed E-state index contributed by atoms with van der Waals surface area (Å²) in [7, 11) is 2.19. The van der Waals surface area contributed by atoms with Crippen molar-refractivity contribution < 1.29 is 4.79 Å². The summed E-state index contributed by atoms with van der Waals surface area (Å²) in [5, 5.41) is 0. The van der Waals surface area contributed by atoms with E-state index in [1.807, 2.05) is 12.1 Å². The number of fused-ring (bicyclic) bond motifs is 2. The van der Waals surface area contributed by atoms with E-state index in [0.717, 1.165) is 63.2 Å². The lowest BCUT2D eigenvalue weighted by Gasteiger charge is -2.41. The molecule has 0 aromatic heterocycles. The number of carbonyl (C=O) groups is 1. The van der Waals surface area contributed by atoms with Gasteiger partial charge in [-0.25, -0.2) is 0 Å². The zero-order valence-corrected chi connectivity index (χ0v) is 15.5. The number of hydrogen-bond acceptors (Lipinski definition) is 3. The molecule has 2 heterocycles. The highest BCUT2D eigenvalue weighted by Gasteiger charge is 2.32. The lowest BCUT2D eigenvalue weighted by Crippen LogP contribution is -2.45. The van der Waals surface area contributed by atoms with Crippen LogP contribution in [-0.2, 0) is 6.54 Å². The highest BCUT2D eigenvalue weighted by molar-refractivity contribution is 5.94. The van der Waals surface area contributed by atoms with Gasteiger partial charge in [-0.3, -0.25) is 9.69 Å². The minimum absolute atomic E-state index is 0.239. The monoisotopic (exact) mass is 341 g/mol. The molecule has 1 aromatic carbocycles. The molecule has 1 aliphatic carbocycles. The maximum atomic E-state index is 12.9. The van der Waals surface area contributed by atoms with Crippen molar-refractivity contribution >= 4 is 5.91 Å². The van der Waals surface area contributed by atoms with Gasteiger partial charge in [0.05, 0.1) is 0 Å². The maximum absolute atomic E-state index is 12.9. The molecule has 2 bridgehead atoms. The first-order valence-electron chi connectivity index (χ1n) is 9.96. The van der Waals surface area contributed by atoms with Crippen LogP contribution < -0.4 is 0 Å². The zero-order valence-electron chi connectivity index (χ0n) is 15.5. The van der Waals surface area contributed by atoms with Crippen LogP contribution in [-0.4, -0.2) is 66.9 Å². The van der Waals surface area contributed by atoms with E-state index in [9.17, 15) is 4.79 Å². The van der Waals surface area contributed by atoms with Crippen molar-refractivity contribution in [3.05, 3.63) is 35.4 Å². The van der Waals surface area contributed by atoms with Crippen molar-refractivity contribution in [1.82, 2.24) is 14.7 Å².